The standard InChI is InChI=1S/C14H25N3O/c1-4-9-15-11(3)13-16-17-14(18-13)12-7-5-10(2)6-8-12/h10-12,15H,4-9H2,1-3H3. The number of rotatable bonds is 5. The van der Waals surface area contributed by atoms with Gasteiger partial charge in [-0.15, -0.1) is 10.2 Å². The van der Waals surface area contributed by atoms with E-state index >= 15 is 0 Å². The van der Waals surface area contributed by atoms with E-state index in [1.807, 2.05) is 0 Å². The van der Waals surface area contributed by atoms with Crippen LogP contribution < -0.4 is 5.32 Å². The summed E-state index contributed by atoms with van der Waals surface area (Å²) in [6.45, 7) is 7.55. The van der Waals surface area contributed by atoms with E-state index in [0.717, 1.165) is 30.7 Å². The third kappa shape index (κ3) is 3.31. The van der Waals surface area contributed by atoms with Crippen molar-refractivity contribution in [1.82, 2.24) is 15.5 Å². The fraction of sp³-hybridized carbons (Fsp3) is 0.857. The van der Waals surface area contributed by atoms with E-state index in [4.69, 9.17) is 4.42 Å². The van der Waals surface area contributed by atoms with Crippen molar-refractivity contribution in [2.24, 2.45) is 5.92 Å². The molecule has 1 aliphatic carbocycles. The molecule has 18 heavy (non-hydrogen) atoms. The number of aromatic nitrogens is 2. The fourth-order valence-corrected chi connectivity index (χ4v) is 2.54. The maximum absolute atomic E-state index is 5.83. The molecule has 1 aromatic rings. The summed E-state index contributed by atoms with van der Waals surface area (Å²) in [6.07, 6.45) is 6.07. The zero-order valence-corrected chi connectivity index (χ0v) is 11.8. The van der Waals surface area contributed by atoms with E-state index in [1.165, 1.54) is 25.7 Å². The van der Waals surface area contributed by atoms with Gasteiger partial charge in [-0.1, -0.05) is 13.8 Å². The van der Waals surface area contributed by atoms with Gasteiger partial charge in [0.25, 0.3) is 0 Å². The van der Waals surface area contributed by atoms with Gasteiger partial charge in [-0.3, -0.25) is 0 Å². The maximum atomic E-state index is 5.83. The molecule has 1 aliphatic rings. The molecule has 0 bridgehead atoms. The average Bonchev–Trinajstić information content (AvgIpc) is 2.86. The summed E-state index contributed by atoms with van der Waals surface area (Å²) in [4.78, 5) is 0. The van der Waals surface area contributed by atoms with Crippen LogP contribution in [0.4, 0.5) is 0 Å². The normalized spacial score (nSPS) is 26.2. The molecule has 1 N–H and O–H groups in total. The number of hydrogen-bond donors (Lipinski definition) is 1. The summed E-state index contributed by atoms with van der Waals surface area (Å²) in [7, 11) is 0. The highest BCUT2D eigenvalue weighted by Gasteiger charge is 2.25. The second kappa shape index (κ2) is 6.32. The zero-order valence-electron chi connectivity index (χ0n) is 11.8. The molecule has 0 radical (unpaired) electrons. The fourth-order valence-electron chi connectivity index (χ4n) is 2.54. The Kier molecular flexibility index (Phi) is 4.75. The summed E-state index contributed by atoms with van der Waals surface area (Å²) < 4.78 is 5.83. The first kappa shape index (κ1) is 13.5. The SMILES string of the molecule is CCCNC(C)c1nnc(C2CCC(C)CC2)o1. The molecule has 0 amide bonds. The Bertz CT molecular complexity index is 356. The van der Waals surface area contributed by atoms with Crippen LogP contribution in [0.2, 0.25) is 0 Å². The first-order valence-corrected chi connectivity index (χ1v) is 7.27. The molecule has 0 spiro atoms. The topological polar surface area (TPSA) is 51.0 Å². The van der Waals surface area contributed by atoms with Crippen molar-refractivity contribution >= 4 is 0 Å². The molecular weight excluding hydrogens is 226 g/mol. The molecule has 1 fully saturated rings. The average molecular weight is 251 g/mol. The Labute approximate surface area is 110 Å². The third-order valence-electron chi connectivity index (χ3n) is 3.89. The monoisotopic (exact) mass is 251 g/mol. The molecule has 1 atom stereocenters. The Morgan fingerprint density at radius 1 is 1.28 bits per heavy atom. The summed E-state index contributed by atoms with van der Waals surface area (Å²) in [6, 6.07) is 0.161. The van der Waals surface area contributed by atoms with Crippen LogP contribution >= 0.6 is 0 Å². The Morgan fingerprint density at radius 2 is 2.00 bits per heavy atom. The van der Waals surface area contributed by atoms with Crippen molar-refractivity contribution in [1.29, 1.82) is 0 Å². The molecule has 4 heteroatoms. The van der Waals surface area contributed by atoms with Gasteiger partial charge in [0.2, 0.25) is 11.8 Å². The number of nitrogens with zero attached hydrogens (tertiary/aromatic N) is 2. The predicted octanol–water partition coefficient (Wildman–Crippen LogP) is 3.42. The van der Waals surface area contributed by atoms with Crippen molar-refractivity contribution in [3.63, 3.8) is 0 Å². The molecule has 4 nitrogen and oxygen atoms in total. The van der Waals surface area contributed by atoms with E-state index in [1.54, 1.807) is 0 Å². The van der Waals surface area contributed by atoms with Gasteiger partial charge in [-0.05, 0) is 51.5 Å². The Balaban J connectivity index is 1.93. The van der Waals surface area contributed by atoms with Crippen LogP contribution in [-0.4, -0.2) is 16.7 Å². The summed E-state index contributed by atoms with van der Waals surface area (Å²) in [5, 5.41) is 11.8. The van der Waals surface area contributed by atoms with Crippen LogP contribution in [0.1, 0.15) is 76.6 Å². The molecule has 0 aromatic carbocycles. The van der Waals surface area contributed by atoms with Gasteiger partial charge in [-0.25, -0.2) is 0 Å². The van der Waals surface area contributed by atoms with E-state index in [9.17, 15) is 0 Å². The lowest BCUT2D eigenvalue weighted by molar-refractivity contribution is 0.295. The largest absolute Gasteiger partial charge is 0.423 e. The predicted molar refractivity (Wildman–Crippen MR) is 71.4 cm³/mol. The van der Waals surface area contributed by atoms with Gasteiger partial charge in [-0.2, -0.15) is 0 Å². The van der Waals surface area contributed by atoms with E-state index in [2.05, 4.69) is 36.3 Å². The molecule has 2 rings (SSSR count). The second-order valence-corrected chi connectivity index (χ2v) is 5.61. The third-order valence-corrected chi connectivity index (χ3v) is 3.89. The minimum absolute atomic E-state index is 0.161. The minimum atomic E-state index is 0.161. The van der Waals surface area contributed by atoms with Gasteiger partial charge in [0.05, 0.1) is 6.04 Å². The van der Waals surface area contributed by atoms with Crippen LogP contribution in [0.15, 0.2) is 4.42 Å². The summed E-state index contributed by atoms with van der Waals surface area (Å²) in [5.74, 6) is 2.92. The van der Waals surface area contributed by atoms with Crippen LogP contribution in [-0.2, 0) is 0 Å². The van der Waals surface area contributed by atoms with Crippen molar-refractivity contribution in [3.8, 4) is 0 Å². The molecule has 1 heterocycles. The van der Waals surface area contributed by atoms with Crippen LogP contribution in [0.5, 0.6) is 0 Å². The summed E-state index contributed by atoms with van der Waals surface area (Å²) >= 11 is 0. The van der Waals surface area contributed by atoms with Crippen molar-refractivity contribution < 1.29 is 4.42 Å². The van der Waals surface area contributed by atoms with Crippen LogP contribution in [0, 0.1) is 5.92 Å². The van der Waals surface area contributed by atoms with Crippen LogP contribution in [0.25, 0.3) is 0 Å². The van der Waals surface area contributed by atoms with Crippen LogP contribution in [0.3, 0.4) is 0 Å². The molecule has 1 aromatic heterocycles. The lowest BCUT2D eigenvalue weighted by Gasteiger charge is -2.23. The lowest BCUT2D eigenvalue weighted by atomic mass is 9.83. The van der Waals surface area contributed by atoms with E-state index in [0.29, 0.717) is 5.92 Å². The first-order valence-electron chi connectivity index (χ1n) is 7.27. The van der Waals surface area contributed by atoms with Crippen molar-refractivity contribution in [3.05, 3.63) is 11.8 Å². The highest BCUT2D eigenvalue weighted by molar-refractivity contribution is 4.96. The molecule has 0 aliphatic heterocycles. The number of hydrogen-bond acceptors (Lipinski definition) is 4. The van der Waals surface area contributed by atoms with Gasteiger partial charge in [0.15, 0.2) is 0 Å². The van der Waals surface area contributed by atoms with Gasteiger partial charge < -0.3 is 9.73 Å². The lowest BCUT2D eigenvalue weighted by Crippen LogP contribution is -2.19. The molecule has 1 saturated carbocycles. The number of nitrogens with one attached hydrogen (secondary N) is 1. The Morgan fingerprint density at radius 3 is 2.67 bits per heavy atom. The Hall–Kier alpha value is -0.900. The van der Waals surface area contributed by atoms with Gasteiger partial charge >= 0.3 is 0 Å². The molecule has 1 unspecified atom stereocenters. The quantitative estimate of drug-likeness (QED) is 0.871. The molecule has 102 valence electrons. The van der Waals surface area contributed by atoms with E-state index < -0.39 is 0 Å². The first-order chi connectivity index (χ1) is 8.70. The minimum Gasteiger partial charge on any atom is -0.423 e. The van der Waals surface area contributed by atoms with Gasteiger partial charge in [0, 0.05) is 5.92 Å². The smallest absolute Gasteiger partial charge is 0.233 e. The highest BCUT2D eigenvalue weighted by Crippen LogP contribution is 2.35. The summed E-state index contributed by atoms with van der Waals surface area (Å²) in [5.41, 5.74) is 0. The second-order valence-electron chi connectivity index (χ2n) is 5.61. The van der Waals surface area contributed by atoms with Gasteiger partial charge in [0.1, 0.15) is 0 Å². The molecular formula is C14H25N3O. The molecule has 0 saturated heterocycles. The highest BCUT2D eigenvalue weighted by atomic mass is 16.4. The van der Waals surface area contributed by atoms with E-state index in [-0.39, 0.29) is 6.04 Å². The maximum Gasteiger partial charge on any atom is 0.233 e. The van der Waals surface area contributed by atoms with Crippen molar-refractivity contribution in [2.75, 3.05) is 6.54 Å². The van der Waals surface area contributed by atoms with Crippen molar-refractivity contribution in [2.45, 2.75) is 64.8 Å². The zero-order chi connectivity index (χ0) is 13.0.